The van der Waals surface area contributed by atoms with Gasteiger partial charge >= 0.3 is 0 Å². The quantitative estimate of drug-likeness (QED) is 0.194. The van der Waals surface area contributed by atoms with E-state index in [1.165, 1.54) is 19.3 Å². The van der Waals surface area contributed by atoms with Crippen LogP contribution >= 0.6 is 0 Å². The third-order valence-electron chi connectivity index (χ3n) is 4.32. The number of carbonyl (C=O) groups excluding carboxylic acids is 1. The Morgan fingerprint density at radius 3 is 2.23 bits per heavy atom. The summed E-state index contributed by atoms with van der Waals surface area (Å²) in [5.74, 6) is 0.171. The number of nitrogens with one attached hydrogen (secondary N) is 2. The van der Waals surface area contributed by atoms with Gasteiger partial charge in [0.25, 0.3) is 0 Å². The van der Waals surface area contributed by atoms with Gasteiger partial charge in [-0.1, -0.05) is 39.0 Å². The van der Waals surface area contributed by atoms with Crippen molar-refractivity contribution in [3.63, 3.8) is 0 Å². The lowest BCUT2D eigenvalue weighted by atomic mass is 10.1. The molecule has 0 aromatic rings. The van der Waals surface area contributed by atoms with E-state index in [2.05, 4.69) is 10.6 Å². The van der Waals surface area contributed by atoms with E-state index in [1.807, 2.05) is 6.92 Å². The Hall–Kier alpha value is -0.690. The molecule has 0 bridgehead atoms. The van der Waals surface area contributed by atoms with Crippen molar-refractivity contribution >= 4 is 5.91 Å². The smallest absolute Gasteiger partial charge is 0.219 e. The van der Waals surface area contributed by atoms with Gasteiger partial charge in [-0.05, 0) is 51.6 Å². The summed E-state index contributed by atoms with van der Waals surface area (Å²) in [7, 11) is 0. The zero-order valence-corrected chi connectivity index (χ0v) is 16.8. The van der Waals surface area contributed by atoms with Crippen molar-refractivity contribution < 1.29 is 19.7 Å². The molecule has 0 fully saturated rings. The van der Waals surface area contributed by atoms with Crippen LogP contribution in [0, 0.1) is 0 Å². The molecule has 0 unspecified atom stereocenters. The topological polar surface area (TPSA) is 90.8 Å². The molecule has 0 spiro atoms. The molecule has 0 heterocycles. The largest absolute Gasteiger partial charge is 0.396 e. The van der Waals surface area contributed by atoms with Gasteiger partial charge in [0.2, 0.25) is 5.91 Å². The van der Waals surface area contributed by atoms with E-state index >= 15 is 0 Å². The van der Waals surface area contributed by atoms with Crippen molar-refractivity contribution in [2.24, 2.45) is 0 Å². The first-order valence-corrected chi connectivity index (χ1v) is 10.6. The predicted molar refractivity (Wildman–Crippen MR) is 106 cm³/mol. The SMILES string of the molecule is CC[C@H](O)OCCCCCCNC(=O)CCCCCCCNCCCO. The second-order valence-electron chi connectivity index (χ2n) is 6.84. The van der Waals surface area contributed by atoms with Gasteiger partial charge in [0.05, 0.1) is 0 Å². The molecule has 0 rings (SSSR count). The van der Waals surface area contributed by atoms with Crippen molar-refractivity contribution in [2.45, 2.75) is 90.3 Å². The van der Waals surface area contributed by atoms with Crippen molar-refractivity contribution in [3.8, 4) is 0 Å². The molecule has 6 heteroatoms. The Kier molecular flexibility index (Phi) is 20.1. The van der Waals surface area contributed by atoms with E-state index in [0.29, 0.717) is 19.4 Å². The molecule has 0 saturated heterocycles. The van der Waals surface area contributed by atoms with Crippen LogP contribution < -0.4 is 10.6 Å². The van der Waals surface area contributed by atoms with Crippen LogP contribution in [-0.4, -0.2) is 55.3 Å². The van der Waals surface area contributed by atoms with E-state index in [0.717, 1.165) is 64.6 Å². The van der Waals surface area contributed by atoms with Crippen LogP contribution in [0.3, 0.4) is 0 Å². The summed E-state index contributed by atoms with van der Waals surface area (Å²) in [6.45, 7) is 5.44. The van der Waals surface area contributed by atoms with Gasteiger partial charge in [0.1, 0.15) is 0 Å². The number of aliphatic hydroxyl groups excluding tert-OH is 2. The average Bonchev–Trinajstić information content (AvgIpc) is 2.65. The second kappa shape index (κ2) is 20.6. The summed E-state index contributed by atoms with van der Waals surface area (Å²) in [6.07, 6.45) is 11.2. The normalized spacial score (nSPS) is 12.3. The lowest BCUT2D eigenvalue weighted by Crippen LogP contribution is -2.24. The van der Waals surface area contributed by atoms with Gasteiger partial charge in [0.15, 0.2) is 6.29 Å². The first-order valence-electron chi connectivity index (χ1n) is 10.6. The minimum Gasteiger partial charge on any atom is -0.396 e. The molecule has 26 heavy (non-hydrogen) atoms. The number of amides is 1. The van der Waals surface area contributed by atoms with E-state index in [-0.39, 0.29) is 12.5 Å². The number of rotatable bonds is 20. The summed E-state index contributed by atoms with van der Waals surface area (Å²) < 4.78 is 5.21. The monoisotopic (exact) mass is 374 g/mol. The molecule has 6 nitrogen and oxygen atoms in total. The Balaban J connectivity index is 3.18. The number of hydrogen-bond donors (Lipinski definition) is 4. The highest BCUT2D eigenvalue weighted by molar-refractivity contribution is 5.75. The standard InChI is InChI=1S/C20H42N2O4/c1-2-20(25)26-18-11-7-6-10-16-22-19(24)13-8-4-3-5-9-14-21-15-12-17-23/h20-21,23,25H,2-18H2,1H3,(H,22,24)/t20-/m1/s1. The van der Waals surface area contributed by atoms with Crippen molar-refractivity contribution in [1.29, 1.82) is 0 Å². The third-order valence-corrected chi connectivity index (χ3v) is 4.32. The number of ether oxygens (including phenoxy) is 1. The zero-order chi connectivity index (χ0) is 19.3. The third kappa shape index (κ3) is 19.6. The van der Waals surface area contributed by atoms with Crippen LogP contribution in [0.4, 0.5) is 0 Å². The summed E-state index contributed by atoms with van der Waals surface area (Å²) in [5, 5.41) is 24.2. The fraction of sp³-hybridized carbons (Fsp3) is 0.950. The average molecular weight is 375 g/mol. The molecule has 1 atom stereocenters. The van der Waals surface area contributed by atoms with E-state index in [4.69, 9.17) is 9.84 Å². The predicted octanol–water partition coefficient (Wildman–Crippen LogP) is 2.72. The molecule has 1 amide bonds. The molecule has 0 aliphatic heterocycles. The van der Waals surface area contributed by atoms with Gasteiger partial charge < -0.3 is 25.6 Å². The van der Waals surface area contributed by atoms with Gasteiger partial charge in [-0.15, -0.1) is 0 Å². The van der Waals surface area contributed by atoms with Crippen molar-refractivity contribution in [2.75, 3.05) is 32.8 Å². The fourth-order valence-electron chi connectivity index (χ4n) is 2.63. The van der Waals surface area contributed by atoms with E-state index < -0.39 is 6.29 Å². The van der Waals surface area contributed by atoms with Crippen LogP contribution in [0.1, 0.15) is 84.0 Å². The number of carbonyl (C=O) groups is 1. The molecule has 0 radical (unpaired) electrons. The highest BCUT2D eigenvalue weighted by Gasteiger charge is 2.01. The minimum absolute atomic E-state index is 0.171. The van der Waals surface area contributed by atoms with Gasteiger partial charge in [0, 0.05) is 26.2 Å². The summed E-state index contributed by atoms with van der Waals surface area (Å²) in [4.78, 5) is 11.7. The first kappa shape index (κ1) is 25.3. The van der Waals surface area contributed by atoms with Gasteiger partial charge in [-0.3, -0.25) is 4.79 Å². The lowest BCUT2D eigenvalue weighted by Gasteiger charge is -2.09. The zero-order valence-electron chi connectivity index (χ0n) is 16.8. The van der Waals surface area contributed by atoms with Crippen LogP contribution in [-0.2, 0) is 9.53 Å². The number of hydrogen-bond acceptors (Lipinski definition) is 5. The van der Waals surface area contributed by atoms with Crippen LogP contribution in [0.5, 0.6) is 0 Å². The van der Waals surface area contributed by atoms with E-state index in [1.54, 1.807) is 0 Å². The van der Waals surface area contributed by atoms with E-state index in [9.17, 15) is 9.90 Å². The highest BCUT2D eigenvalue weighted by atomic mass is 16.6. The molecular formula is C20H42N2O4. The summed E-state index contributed by atoms with van der Waals surface area (Å²) in [6, 6.07) is 0. The maximum Gasteiger partial charge on any atom is 0.219 e. The number of unbranched alkanes of at least 4 members (excludes halogenated alkanes) is 7. The maximum absolute atomic E-state index is 11.7. The van der Waals surface area contributed by atoms with Crippen LogP contribution in [0.2, 0.25) is 0 Å². The fourth-order valence-corrected chi connectivity index (χ4v) is 2.63. The second-order valence-corrected chi connectivity index (χ2v) is 6.84. The van der Waals surface area contributed by atoms with Crippen LogP contribution in [0.15, 0.2) is 0 Å². The Morgan fingerprint density at radius 1 is 0.885 bits per heavy atom. The summed E-state index contributed by atoms with van der Waals surface area (Å²) >= 11 is 0. The van der Waals surface area contributed by atoms with Crippen molar-refractivity contribution in [1.82, 2.24) is 10.6 Å². The maximum atomic E-state index is 11.7. The van der Waals surface area contributed by atoms with Crippen molar-refractivity contribution in [3.05, 3.63) is 0 Å². The molecule has 156 valence electrons. The van der Waals surface area contributed by atoms with Crippen LogP contribution in [0.25, 0.3) is 0 Å². The minimum atomic E-state index is -0.622. The Labute approximate surface area is 160 Å². The Bertz CT molecular complexity index is 304. The Morgan fingerprint density at radius 2 is 1.50 bits per heavy atom. The summed E-state index contributed by atoms with van der Waals surface area (Å²) in [5.41, 5.74) is 0. The molecule has 0 aromatic carbocycles. The first-order chi connectivity index (χ1) is 12.7. The molecule has 0 saturated carbocycles. The van der Waals surface area contributed by atoms with Gasteiger partial charge in [-0.25, -0.2) is 0 Å². The molecule has 0 aliphatic rings. The molecular weight excluding hydrogens is 332 g/mol. The highest BCUT2D eigenvalue weighted by Crippen LogP contribution is 2.05. The molecule has 0 aromatic heterocycles. The molecule has 0 aliphatic carbocycles. The lowest BCUT2D eigenvalue weighted by molar-refractivity contribution is -0.121. The van der Waals surface area contributed by atoms with Gasteiger partial charge in [-0.2, -0.15) is 0 Å². The molecule has 4 N–H and O–H groups in total. The number of aliphatic hydroxyl groups is 2.